The monoisotopic (exact) mass is 154 g/mol. The molecule has 0 aromatic carbocycles. The Morgan fingerprint density at radius 1 is 1.44 bits per heavy atom. The topological polar surface area (TPSA) is 34.1 Å². The molecule has 0 N–H and O–H groups in total. The number of alkyl halides is 1. The van der Waals surface area contributed by atoms with Crippen LogP contribution in [0.25, 0.3) is 0 Å². The summed E-state index contributed by atoms with van der Waals surface area (Å²) in [6.07, 6.45) is 1.35. The van der Waals surface area contributed by atoms with Crippen LogP contribution in [0.2, 0.25) is 0 Å². The normalized spacial score (nSPS) is 11.8. The molecule has 0 amide bonds. The third-order valence-corrected chi connectivity index (χ3v) is 2.22. The zero-order valence-electron chi connectivity index (χ0n) is 5.43. The molecule has 0 atom stereocenters. The second kappa shape index (κ2) is 3.82. The minimum Gasteiger partial charge on any atom is -0.234 e. The van der Waals surface area contributed by atoms with E-state index in [2.05, 4.69) is 0 Å². The summed E-state index contributed by atoms with van der Waals surface area (Å²) in [7, 11) is -3.35. The Balaban J connectivity index is 3.61. The highest BCUT2D eigenvalue weighted by Crippen LogP contribution is 1.96. The molecular weight excluding hydrogens is 143 g/mol. The minimum absolute atomic E-state index is 0.0139. The molecule has 0 unspecified atom stereocenters. The molecule has 0 rings (SSSR count). The van der Waals surface area contributed by atoms with Crippen molar-refractivity contribution in [2.24, 2.45) is 0 Å². The van der Waals surface area contributed by atoms with Crippen molar-refractivity contribution in [3.63, 3.8) is 0 Å². The van der Waals surface area contributed by atoms with E-state index in [0.717, 1.165) is 6.42 Å². The van der Waals surface area contributed by atoms with Gasteiger partial charge in [0, 0.05) is 0 Å². The maximum Gasteiger partial charge on any atom is 0.190 e. The number of hydrogen-bond acceptors (Lipinski definition) is 2. The molecule has 0 saturated carbocycles. The maximum absolute atomic E-state index is 11.5. The fraction of sp³-hybridized carbons (Fsp3) is 1.00. The number of sulfone groups is 1. The van der Waals surface area contributed by atoms with Crippen LogP contribution in [0.3, 0.4) is 0 Å². The van der Waals surface area contributed by atoms with E-state index < -0.39 is 15.8 Å². The maximum atomic E-state index is 11.5. The Labute approximate surface area is 55.0 Å². The first kappa shape index (κ1) is 8.88. The fourth-order valence-electron chi connectivity index (χ4n) is 0.419. The van der Waals surface area contributed by atoms with Gasteiger partial charge >= 0.3 is 0 Å². The van der Waals surface area contributed by atoms with Crippen LogP contribution in [0.4, 0.5) is 4.39 Å². The van der Waals surface area contributed by atoms with Gasteiger partial charge in [0.25, 0.3) is 0 Å². The van der Waals surface area contributed by atoms with Gasteiger partial charge in [-0.05, 0) is 6.42 Å². The minimum atomic E-state index is -3.35. The SMILES string of the molecule is CCCCS(=O)(=O)CF. The molecule has 0 bridgehead atoms. The summed E-state index contributed by atoms with van der Waals surface area (Å²) in [5.74, 6) is -0.0139. The first-order valence-electron chi connectivity index (χ1n) is 2.89. The Kier molecular flexibility index (Phi) is 3.77. The lowest BCUT2D eigenvalue weighted by Crippen LogP contribution is -2.06. The molecule has 0 fully saturated rings. The smallest absolute Gasteiger partial charge is 0.190 e. The van der Waals surface area contributed by atoms with Crippen LogP contribution in [-0.4, -0.2) is 20.2 Å². The van der Waals surface area contributed by atoms with Crippen molar-refractivity contribution in [2.45, 2.75) is 19.8 Å². The van der Waals surface area contributed by atoms with E-state index in [-0.39, 0.29) is 5.75 Å². The highest BCUT2D eigenvalue weighted by Gasteiger charge is 2.06. The first-order valence-corrected chi connectivity index (χ1v) is 4.71. The number of hydrogen-bond donors (Lipinski definition) is 0. The average Bonchev–Trinajstić information content (AvgIpc) is 1.84. The lowest BCUT2D eigenvalue weighted by atomic mass is 10.4. The van der Waals surface area contributed by atoms with Crippen LogP contribution >= 0.6 is 0 Å². The van der Waals surface area contributed by atoms with Crippen LogP contribution < -0.4 is 0 Å². The van der Waals surface area contributed by atoms with Crippen molar-refractivity contribution in [1.29, 1.82) is 0 Å². The zero-order chi connectivity index (χ0) is 7.33. The van der Waals surface area contributed by atoms with Gasteiger partial charge in [-0.25, -0.2) is 12.8 Å². The predicted octanol–water partition coefficient (Wildman–Crippen LogP) is 1.13. The van der Waals surface area contributed by atoms with Gasteiger partial charge in [-0.15, -0.1) is 0 Å². The van der Waals surface area contributed by atoms with E-state index in [1.54, 1.807) is 0 Å². The third kappa shape index (κ3) is 4.39. The van der Waals surface area contributed by atoms with Crippen molar-refractivity contribution in [1.82, 2.24) is 0 Å². The summed E-state index contributed by atoms with van der Waals surface area (Å²) < 4.78 is 32.3. The van der Waals surface area contributed by atoms with Crippen LogP contribution in [0.15, 0.2) is 0 Å². The van der Waals surface area contributed by atoms with Crippen LogP contribution in [0.5, 0.6) is 0 Å². The van der Waals surface area contributed by atoms with Gasteiger partial charge in [-0.3, -0.25) is 0 Å². The molecule has 0 aliphatic heterocycles. The summed E-state index contributed by atoms with van der Waals surface area (Å²) in [4.78, 5) is 0. The van der Waals surface area contributed by atoms with Gasteiger partial charge in [0.15, 0.2) is 15.8 Å². The van der Waals surface area contributed by atoms with Gasteiger partial charge in [-0.2, -0.15) is 0 Å². The molecule has 0 aromatic rings. The molecule has 9 heavy (non-hydrogen) atoms. The standard InChI is InChI=1S/C5H11FO2S/c1-2-3-4-9(7,8)5-6/h2-5H2,1H3. The van der Waals surface area contributed by atoms with Crippen LogP contribution in [0, 0.1) is 0 Å². The van der Waals surface area contributed by atoms with E-state index in [4.69, 9.17) is 0 Å². The second-order valence-electron chi connectivity index (χ2n) is 1.91. The molecule has 56 valence electrons. The predicted molar refractivity (Wildman–Crippen MR) is 34.7 cm³/mol. The summed E-state index contributed by atoms with van der Waals surface area (Å²) >= 11 is 0. The second-order valence-corrected chi connectivity index (χ2v) is 4.02. The van der Waals surface area contributed by atoms with Gasteiger partial charge in [0.05, 0.1) is 5.75 Å². The molecule has 0 aromatic heterocycles. The highest BCUT2D eigenvalue weighted by molar-refractivity contribution is 7.91. The quantitative estimate of drug-likeness (QED) is 0.608. The largest absolute Gasteiger partial charge is 0.234 e. The average molecular weight is 154 g/mol. The Hall–Kier alpha value is -0.120. The highest BCUT2D eigenvalue weighted by atomic mass is 32.2. The molecule has 0 heterocycles. The van der Waals surface area contributed by atoms with Crippen molar-refractivity contribution in [3.8, 4) is 0 Å². The lowest BCUT2D eigenvalue weighted by Gasteiger charge is -1.94. The molecule has 4 heteroatoms. The van der Waals surface area contributed by atoms with E-state index in [0.29, 0.717) is 6.42 Å². The van der Waals surface area contributed by atoms with Crippen molar-refractivity contribution < 1.29 is 12.8 Å². The van der Waals surface area contributed by atoms with Crippen LogP contribution in [0.1, 0.15) is 19.8 Å². The number of rotatable bonds is 4. The zero-order valence-corrected chi connectivity index (χ0v) is 6.25. The molecule has 0 aliphatic carbocycles. The first-order chi connectivity index (χ1) is 4.12. The number of halogens is 1. The Morgan fingerprint density at radius 2 is 2.00 bits per heavy atom. The van der Waals surface area contributed by atoms with Crippen LogP contribution in [-0.2, 0) is 9.84 Å². The Bertz CT molecular complexity index is 150. The molecule has 0 spiro atoms. The van der Waals surface area contributed by atoms with E-state index in [1.807, 2.05) is 6.92 Å². The Morgan fingerprint density at radius 3 is 2.33 bits per heavy atom. The van der Waals surface area contributed by atoms with Crippen molar-refractivity contribution in [2.75, 3.05) is 11.8 Å². The van der Waals surface area contributed by atoms with E-state index >= 15 is 0 Å². The van der Waals surface area contributed by atoms with Gasteiger partial charge < -0.3 is 0 Å². The molecule has 0 saturated heterocycles. The van der Waals surface area contributed by atoms with Crippen molar-refractivity contribution in [3.05, 3.63) is 0 Å². The van der Waals surface area contributed by atoms with Gasteiger partial charge in [0.2, 0.25) is 0 Å². The summed E-state index contributed by atoms with van der Waals surface area (Å²) in [6, 6.07) is -1.22. The third-order valence-electron chi connectivity index (χ3n) is 0.975. The lowest BCUT2D eigenvalue weighted by molar-refractivity contribution is 0.532. The summed E-state index contributed by atoms with van der Waals surface area (Å²) in [6.45, 7) is 1.87. The summed E-state index contributed by atoms with van der Waals surface area (Å²) in [5, 5.41) is 0. The van der Waals surface area contributed by atoms with Gasteiger partial charge in [-0.1, -0.05) is 13.3 Å². The molecule has 2 nitrogen and oxygen atoms in total. The van der Waals surface area contributed by atoms with E-state index in [1.165, 1.54) is 0 Å². The number of unbranched alkanes of at least 4 members (excludes halogenated alkanes) is 1. The molecular formula is C5H11FO2S. The van der Waals surface area contributed by atoms with Gasteiger partial charge in [0.1, 0.15) is 0 Å². The molecule has 0 aliphatic rings. The van der Waals surface area contributed by atoms with Crippen molar-refractivity contribution >= 4 is 9.84 Å². The summed E-state index contributed by atoms with van der Waals surface area (Å²) in [5.41, 5.74) is 0. The van der Waals surface area contributed by atoms with E-state index in [9.17, 15) is 12.8 Å². The fourth-order valence-corrected chi connectivity index (χ4v) is 1.26. The molecule has 0 radical (unpaired) electrons.